The second kappa shape index (κ2) is 5.67. The van der Waals surface area contributed by atoms with E-state index in [0.29, 0.717) is 5.15 Å². The maximum atomic E-state index is 6.06. The smallest absolute Gasteiger partial charge is 0.129 e. The van der Waals surface area contributed by atoms with Crippen LogP contribution in [0.1, 0.15) is 38.2 Å². The highest BCUT2D eigenvalue weighted by atomic mass is 35.5. The molecule has 0 amide bonds. The van der Waals surface area contributed by atoms with Gasteiger partial charge in [-0.05, 0) is 44.7 Å². The first-order valence-corrected chi connectivity index (χ1v) is 6.53. The van der Waals surface area contributed by atoms with Crippen molar-refractivity contribution in [1.82, 2.24) is 4.98 Å². The first-order chi connectivity index (χ1) is 8.55. The van der Waals surface area contributed by atoms with Crippen LogP contribution in [0, 0.1) is 0 Å². The highest BCUT2D eigenvalue weighted by molar-refractivity contribution is 6.29. The summed E-state index contributed by atoms with van der Waals surface area (Å²) in [6.45, 7) is 2.09. The van der Waals surface area contributed by atoms with Crippen LogP contribution in [-0.2, 0) is 4.84 Å². The Morgan fingerprint density at radius 1 is 1.50 bits per heavy atom. The molecule has 1 aromatic rings. The van der Waals surface area contributed by atoms with Gasteiger partial charge in [0.2, 0.25) is 0 Å². The van der Waals surface area contributed by atoms with E-state index in [0.717, 1.165) is 31.2 Å². The molecule has 1 saturated carbocycles. The number of aromatic nitrogens is 1. The highest BCUT2D eigenvalue weighted by Crippen LogP contribution is 2.27. The normalized spacial score (nSPS) is 28.5. The SMILES string of the molecule is CC1(N)CCC(ON=Cc2ccc(Cl)nc2)CC1. The van der Waals surface area contributed by atoms with Crippen molar-refractivity contribution in [2.45, 2.75) is 44.2 Å². The van der Waals surface area contributed by atoms with Gasteiger partial charge >= 0.3 is 0 Å². The topological polar surface area (TPSA) is 60.5 Å². The van der Waals surface area contributed by atoms with Gasteiger partial charge in [0, 0.05) is 17.3 Å². The van der Waals surface area contributed by atoms with E-state index in [-0.39, 0.29) is 11.6 Å². The van der Waals surface area contributed by atoms with Crippen molar-refractivity contribution in [1.29, 1.82) is 0 Å². The molecule has 0 unspecified atom stereocenters. The molecule has 18 heavy (non-hydrogen) atoms. The lowest BCUT2D eigenvalue weighted by atomic mass is 9.83. The molecule has 1 heterocycles. The molecule has 0 aliphatic heterocycles. The van der Waals surface area contributed by atoms with Crippen LogP contribution in [0.5, 0.6) is 0 Å². The minimum Gasteiger partial charge on any atom is -0.392 e. The van der Waals surface area contributed by atoms with E-state index in [1.54, 1.807) is 18.5 Å². The van der Waals surface area contributed by atoms with Gasteiger partial charge in [0.25, 0.3) is 0 Å². The Kier molecular flexibility index (Phi) is 4.19. The summed E-state index contributed by atoms with van der Waals surface area (Å²) in [7, 11) is 0. The molecule has 0 atom stereocenters. The van der Waals surface area contributed by atoms with Crippen LogP contribution >= 0.6 is 11.6 Å². The van der Waals surface area contributed by atoms with Crippen molar-refractivity contribution < 1.29 is 4.84 Å². The Labute approximate surface area is 112 Å². The number of nitrogens with zero attached hydrogens (tertiary/aromatic N) is 2. The molecule has 98 valence electrons. The van der Waals surface area contributed by atoms with E-state index in [1.807, 2.05) is 6.07 Å². The average molecular weight is 268 g/mol. The largest absolute Gasteiger partial charge is 0.392 e. The van der Waals surface area contributed by atoms with Crippen LogP contribution in [-0.4, -0.2) is 22.8 Å². The zero-order chi connectivity index (χ0) is 13.0. The van der Waals surface area contributed by atoms with E-state index in [2.05, 4.69) is 17.1 Å². The molecule has 2 rings (SSSR count). The van der Waals surface area contributed by atoms with E-state index < -0.39 is 0 Å². The fraction of sp³-hybridized carbons (Fsp3) is 0.538. The number of halogens is 1. The summed E-state index contributed by atoms with van der Waals surface area (Å²) in [5.41, 5.74) is 6.90. The first kappa shape index (κ1) is 13.3. The van der Waals surface area contributed by atoms with Gasteiger partial charge in [0.1, 0.15) is 11.3 Å². The summed E-state index contributed by atoms with van der Waals surface area (Å²) < 4.78 is 0. The minimum absolute atomic E-state index is 0.0380. The summed E-state index contributed by atoms with van der Waals surface area (Å²) in [6.07, 6.45) is 7.38. The van der Waals surface area contributed by atoms with Gasteiger partial charge in [-0.1, -0.05) is 16.8 Å². The van der Waals surface area contributed by atoms with Crippen molar-refractivity contribution in [3.05, 3.63) is 29.0 Å². The number of nitrogens with two attached hydrogens (primary N) is 1. The molecule has 0 aromatic carbocycles. The lowest BCUT2D eigenvalue weighted by Crippen LogP contribution is -2.41. The number of hydrogen-bond acceptors (Lipinski definition) is 4. The van der Waals surface area contributed by atoms with Crippen LogP contribution in [0.2, 0.25) is 5.15 Å². The third-order valence-electron chi connectivity index (χ3n) is 3.24. The third kappa shape index (κ3) is 3.96. The standard InChI is InChI=1S/C13H18ClN3O/c1-13(15)6-4-11(5-7-13)18-17-9-10-2-3-12(14)16-8-10/h2-3,8-9,11H,4-7,15H2,1H3. The summed E-state index contributed by atoms with van der Waals surface area (Å²) in [5.74, 6) is 0. The van der Waals surface area contributed by atoms with Gasteiger partial charge in [-0.2, -0.15) is 0 Å². The summed E-state index contributed by atoms with van der Waals surface area (Å²) in [6, 6.07) is 3.57. The Balaban J connectivity index is 1.80. The molecule has 2 N–H and O–H groups in total. The van der Waals surface area contributed by atoms with E-state index in [4.69, 9.17) is 22.2 Å². The Bertz CT molecular complexity index is 407. The summed E-state index contributed by atoms with van der Waals surface area (Å²) >= 11 is 5.70. The lowest BCUT2D eigenvalue weighted by molar-refractivity contribution is 0.0203. The molecular formula is C13H18ClN3O. The number of rotatable bonds is 3. The molecule has 1 aliphatic rings. The van der Waals surface area contributed by atoms with Gasteiger partial charge in [-0.15, -0.1) is 0 Å². The predicted octanol–water partition coefficient (Wildman–Crippen LogP) is 2.75. The summed E-state index contributed by atoms with van der Waals surface area (Å²) in [4.78, 5) is 9.43. The van der Waals surface area contributed by atoms with Crippen LogP contribution in [0.15, 0.2) is 23.5 Å². The number of hydrogen-bond donors (Lipinski definition) is 1. The van der Waals surface area contributed by atoms with Crippen LogP contribution in [0.4, 0.5) is 0 Å². The second-order valence-corrected chi connectivity index (χ2v) is 5.49. The van der Waals surface area contributed by atoms with Crippen molar-refractivity contribution >= 4 is 17.8 Å². The predicted molar refractivity (Wildman–Crippen MR) is 72.8 cm³/mol. The van der Waals surface area contributed by atoms with Crippen LogP contribution in [0.25, 0.3) is 0 Å². The van der Waals surface area contributed by atoms with Crippen LogP contribution in [0.3, 0.4) is 0 Å². The van der Waals surface area contributed by atoms with Crippen LogP contribution < -0.4 is 5.73 Å². The van der Waals surface area contributed by atoms with E-state index in [9.17, 15) is 0 Å². The van der Waals surface area contributed by atoms with E-state index in [1.165, 1.54) is 0 Å². The lowest BCUT2D eigenvalue weighted by Gasteiger charge is -2.32. The zero-order valence-electron chi connectivity index (χ0n) is 10.5. The Morgan fingerprint density at radius 2 is 2.22 bits per heavy atom. The quantitative estimate of drug-likeness (QED) is 0.520. The fourth-order valence-electron chi connectivity index (χ4n) is 2.00. The first-order valence-electron chi connectivity index (χ1n) is 6.15. The van der Waals surface area contributed by atoms with Gasteiger partial charge in [0.05, 0.1) is 6.21 Å². The van der Waals surface area contributed by atoms with Crippen molar-refractivity contribution in [3.8, 4) is 0 Å². The molecule has 1 aromatic heterocycles. The fourth-order valence-corrected chi connectivity index (χ4v) is 2.11. The Hall–Kier alpha value is -1.13. The monoisotopic (exact) mass is 267 g/mol. The molecule has 1 fully saturated rings. The maximum absolute atomic E-state index is 6.06. The highest BCUT2D eigenvalue weighted by Gasteiger charge is 2.28. The zero-order valence-corrected chi connectivity index (χ0v) is 11.2. The van der Waals surface area contributed by atoms with Crippen molar-refractivity contribution in [2.24, 2.45) is 10.9 Å². The Morgan fingerprint density at radius 3 is 2.83 bits per heavy atom. The third-order valence-corrected chi connectivity index (χ3v) is 3.46. The average Bonchev–Trinajstić information content (AvgIpc) is 2.34. The second-order valence-electron chi connectivity index (χ2n) is 5.11. The van der Waals surface area contributed by atoms with Gasteiger partial charge < -0.3 is 10.6 Å². The number of pyridine rings is 1. The minimum atomic E-state index is -0.0380. The molecule has 5 heteroatoms. The summed E-state index contributed by atoms with van der Waals surface area (Å²) in [5, 5.41) is 4.47. The molecule has 0 radical (unpaired) electrons. The number of oxime groups is 1. The van der Waals surface area contributed by atoms with Gasteiger partial charge in [0.15, 0.2) is 0 Å². The van der Waals surface area contributed by atoms with Crippen molar-refractivity contribution in [3.63, 3.8) is 0 Å². The molecule has 0 bridgehead atoms. The molecule has 4 nitrogen and oxygen atoms in total. The molecular weight excluding hydrogens is 250 g/mol. The maximum Gasteiger partial charge on any atom is 0.129 e. The van der Waals surface area contributed by atoms with Crippen molar-refractivity contribution in [2.75, 3.05) is 0 Å². The molecule has 0 spiro atoms. The molecule has 0 saturated heterocycles. The molecule has 1 aliphatic carbocycles. The van der Waals surface area contributed by atoms with E-state index >= 15 is 0 Å². The van der Waals surface area contributed by atoms with Gasteiger partial charge in [-0.3, -0.25) is 0 Å². The van der Waals surface area contributed by atoms with Gasteiger partial charge in [-0.25, -0.2) is 4.98 Å².